The summed E-state index contributed by atoms with van der Waals surface area (Å²) in [5, 5.41) is 0. The van der Waals surface area contributed by atoms with E-state index >= 15 is 0 Å². The van der Waals surface area contributed by atoms with Crippen LogP contribution in [-0.4, -0.2) is 23.8 Å². The van der Waals surface area contributed by atoms with E-state index in [2.05, 4.69) is 0 Å². The van der Waals surface area contributed by atoms with Crippen LogP contribution in [0.2, 0.25) is 0 Å². The lowest BCUT2D eigenvalue weighted by Crippen LogP contribution is -2.64. The highest BCUT2D eigenvalue weighted by molar-refractivity contribution is 6.03. The molecule has 0 N–H and O–H groups in total. The Morgan fingerprint density at radius 3 is 1.33 bits per heavy atom. The highest BCUT2D eigenvalue weighted by Crippen LogP contribution is 2.55. The molecule has 3 nitrogen and oxygen atoms in total. The van der Waals surface area contributed by atoms with Crippen molar-refractivity contribution in [1.82, 2.24) is 4.90 Å². The highest BCUT2D eigenvalue weighted by atomic mass is 16.2. The quantitative estimate of drug-likeness (QED) is 0.575. The van der Waals surface area contributed by atoms with Gasteiger partial charge in [0.25, 0.3) is 0 Å². The summed E-state index contributed by atoms with van der Waals surface area (Å²) >= 11 is 0. The minimum Gasteiger partial charge on any atom is -0.285 e. The predicted octanol–water partition coefficient (Wildman–Crippen LogP) is 2.06. The van der Waals surface area contributed by atoms with Crippen molar-refractivity contribution >= 4 is 11.8 Å². The lowest BCUT2D eigenvalue weighted by atomic mass is 9.52. The van der Waals surface area contributed by atoms with Gasteiger partial charge in [0.15, 0.2) is 0 Å². The first-order valence-corrected chi connectivity index (χ1v) is 5.30. The van der Waals surface area contributed by atoms with Crippen LogP contribution in [0.25, 0.3) is 0 Å². The third kappa shape index (κ3) is 1.18. The number of piperidine rings is 1. The van der Waals surface area contributed by atoms with Gasteiger partial charge in [-0.25, -0.2) is 0 Å². The molecule has 0 aromatic carbocycles. The molecule has 0 spiro atoms. The Morgan fingerprint density at radius 2 is 1.07 bits per heavy atom. The van der Waals surface area contributed by atoms with Crippen LogP contribution >= 0.6 is 0 Å². The molecule has 0 aromatic rings. The first kappa shape index (κ1) is 12.2. The average molecular weight is 211 g/mol. The maximum atomic E-state index is 12.1. The van der Waals surface area contributed by atoms with E-state index in [1.165, 1.54) is 4.90 Å². The largest absolute Gasteiger partial charge is 0.285 e. The second-order valence-electron chi connectivity index (χ2n) is 6.04. The Bertz CT molecular complexity index is 297. The van der Waals surface area contributed by atoms with Crippen molar-refractivity contribution in [3.05, 3.63) is 0 Å². The van der Waals surface area contributed by atoms with Crippen LogP contribution in [0.5, 0.6) is 0 Å². The molecule has 0 saturated carbocycles. The third-order valence-corrected chi connectivity index (χ3v) is 4.80. The molecule has 15 heavy (non-hydrogen) atoms. The zero-order chi connectivity index (χ0) is 12.2. The zero-order valence-corrected chi connectivity index (χ0v) is 10.8. The van der Waals surface area contributed by atoms with Gasteiger partial charge in [0.2, 0.25) is 11.8 Å². The van der Waals surface area contributed by atoms with Gasteiger partial charge in [0.05, 0.1) is 10.8 Å². The molecular weight excluding hydrogens is 190 g/mol. The topological polar surface area (TPSA) is 37.4 Å². The minimum atomic E-state index is -0.515. The molecule has 1 saturated heterocycles. The summed E-state index contributed by atoms with van der Waals surface area (Å²) in [5.74, 6) is -0.173. The van der Waals surface area contributed by atoms with Gasteiger partial charge in [0, 0.05) is 7.05 Å². The van der Waals surface area contributed by atoms with Crippen LogP contribution < -0.4 is 0 Å². The molecule has 1 heterocycles. The molecule has 1 rings (SSSR count). The Labute approximate surface area is 91.8 Å². The lowest BCUT2D eigenvalue weighted by molar-refractivity contribution is -0.181. The average Bonchev–Trinajstić information content (AvgIpc) is 2.12. The Kier molecular flexibility index (Phi) is 2.31. The molecule has 3 heteroatoms. The maximum Gasteiger partial charge on any atom is 0.235 e. The highest BCUT2D eigenvalue weighted by Gasteiger charge is 2.61. The Morgan fingerprint density at radius 1 is 0.800 bits per heavy atom. The summed E-state index contributed by atoms with van der Waals surface area (Å²) in [6.07, 6.45) is 0. The van der Waals surface area contributed by atoms with E-state index in [0.29, 0.717) is 0 Å². The molecule has 1 aliphatic heterocycles. The molecule has 2 amide bonds. The van der Waals surface area contributed by atoms with E-state index in [9.17, 15) is 9.59 Å². The number of carbonyl (C=O) groups excluding carboxylic acids is 2. The number of rotatable bonds is 0. The summed E-state index contributed by atoms with van der Waals surface area (Å²) in [6, 6.07) is 0. The predicted molar refractivity (Wildman–Crippen MR) is 59.1 cm³/mol. The summed E-state index contributed by atoms with van der Waals surface area (Å²) in [5.41, 5.74) is -1.38. The van der Waals surface area contributed by atoms with Crippen LogP contribution in [0, 0.1) is 16.2 Å². The normalized spacial score (nSPS) is 28.1. The fraction of sp³-hybridized carbons (Fsp3) is 0.833. The molecule has 1 fully saturated rings. The number of amides is 2. The van der Waals surface area contributed by atoms with E-state index < -0.39 is 10.8 Å². The van der Waals surface area contributed by atoms with Gasteiger partial charge in [-0.3, -0.25) is 14.5 Å². The van der Waals surface area contributed by atoms with Crippen LogP contribution in [0.4, 0.5) is 0 Å². The van der Waals surface area contributed by atoms with Crippen molar-refractivity contribution in [3.63, 3.8) is 0 Å². The lowest BCUT2D eigenvalue weighted by Gasteiger charge is -2.55. The smallest absolute Gasteiger partial charge is 0.235 e. The zero-order valence-electron chi connectivity index (χ0n) is 10.8. The number of hydrogen-bond donors (Lipinski definition) is 0. The van der Waals surface area contributed by atoms with Crippen molar-refractivity contribution in [3.8, 4) is 0 Å². The van der Waals surface area contributed by atoms with Gasteiger partial charge in [-0.15, -0.1) is 0 Å². The summed E-state index contributed by atoms with van der Waals surface area (Å²) in [6.45, 7) is 11.7. The van der Waals surface area contributed by atoms with Gasteiger partial charge in [-0.1, -0.05) is 41.5 Å². The molecular formula is C12H21NO2. The molecule has 0 aliphatic carbocycles. The van der Waals surface area contributed by atoms with Crippen LogP contribution in [0.1, 0.15) is 41.5 Å². The van der Waals surface area contributed by atoms with Crippen LogP contribution in [0.3, 0.4) is 0 Å². The number of imide groups is 1. The van der Waals surface area contributed by atoms with Gasteiger partial charge >= 0.3 is 0 Å². The number of likely N-dealkylation sites (tertiary alicyclic amines) is 1. The number of hydrogen-bond acceptors (Lipinski definition) is 2. The Balaban J connectivity index is 3.40. The number of carbonyl (C=O) groups is 2. The van der Waals surface area contributed by atoms with Crippen molar-refractivity contribution in [2.45, 2.75) is 41.5 Å². The second-order valence-corrected chi connectivity index (χ2v) is 6.04. The molecule has 1 aliphatic rings. The van der Waals surface area contributed by atoms with Crippen LogP contribution in [0.15, 0.2) is 0 Å². The minimum absolute atomic E-state index is 0.0863. The first-order valence-electron chi connectivity index (χ1n) is 5.30. The van der Waals surface area contributed by atoms with E-state index in [1.807, 2.05) is 41.5 Å². The molecule has 0 unspecified atom stereocenters. The van der Waals surface area contributed by atoms with Crippen molar-refractivity contribution in [2.24, 2.45) is 16.2 Å². The van der Waals surface area contributed by atoms with Gasteiger partial charge < -0.3 is 0 Å². The molecule has 0 atom stereocenters. The van der Waals surface area contributed by atoms with Crippen molar-refractivity contribution in [1.29, 1.82) is 0 Å². The summed E-state index contributed by atoms with van der Waals surface area (Å²) in [7, 11) is 1.57. The number of nitrogens with zero attached hydrogens (tertiary/aromatic N) is 1. The molecule has 86 valence electrons. The fourth-order valence-electron chi connectivity index (χ4n) is 2.25. The summed E-state index contributed by atoms with van der Waals surface area (Å²) in [4.78, 5) is 25.4. The van der Waals surface area contributed by atoms with E-state index in [0.717, 1.165) is 0 Å². The fourth-order valence-corrected chi connectivity index (χ4v) is 2.25. The summed E-state index contributed by atoms with van der Waals surface area (Å²) < 4.78 is 0. The maximum absolute atomic E-state index is 12.1. The SMILES string of the molecule is CN1C(=O)C(C)(C)C(C)(C)C(C)(C)C1=O. The van der Waals surface area contributed by atoms with E-state index in [4.69, 9.17) is 0 Å². The molecule has 0 radical (unpaired) electrons. The first-order chi connectivity index (χ1) is 6.48. The van der Waals surface area contributed by atoms with E-state index in [-0.39, 0.29) is 17.2 Å². The second kappa shape index (κ2) is 2.83. The molecule has 0 bridgehead atoms. The van der Waals surface area contributed by atoms with Gasteiger partial charge in [-0.2, -0.15) is 0 Å². The Hall–Kier alpha value is -0.860. The van der Waals surface area contributed by atoms with Crippen molar-refractivity contribution < 1.29 is 9.59 Å². The van der Waals surface area contributed by atoms with Gasteiger partial charge in [0.1, 0.15) is 0 Å². The third-order valence-electron chi connectivity index (χ3n) is 4.80. The van der Waals surface area contributed by atoms with Gasteiger partial charge in [-0.05, 0) is 5.41 Å². The van der Waals surface area contributed by atoms with E-state index in [1.54, 1.807) is 7.05 Å². The molecule has 0 aromatic heterocycles. The van der Waals surface area contributed by atoms with Crippen molar-refractivity contribution in [2.75, 3.05) is 7.05 Å². The standard InChI is InChI=1S/C12H21NO2/c1-10(2)8(14)13(7)9(15)11(3,4)12(10,5)6/h1-7H3. The van der Waals surface area contributed by atoms with Crippen LogP contribution in [-0.2, 0) is 9.59 Å². The monoisotopic (exact) mass is 211 g/mol.